The first-order valence-electron chi connectivity index (χ1n) is 20.8. The molecule has 286 valence electrons. The van der Waals surface area contributed by atoms with Gasteiger partial charge in [-0.1, -0.05) is 158 Å². The average Bonchev–Trinajstić information content (AvgIpc) is 3.88. The zero-order valence-corrected chi connectivity index (χ0v) is 33.2. The van der Waals surface area contributed by atoms with Gasteiger partial charge in [-0.05, 0) is 111 Å². The second-order valence-corrected chi connectivity index (χ2v) is 15.7. The summed E-state index contributed by atoms with van der Waals surface area (Å²) < 4.78 is 9.10. The van der Waals surface area contributed by atoms with E-state index < -0.39 is 0 Å². The highest BCUT2D eigenvalue weighted by atomic mass is 16.3. The molecule has 0 aliphatic rings. The van der Waals surface area contributed by atoms with Crippen molar-refractivity contribution in [3.8, 4) is 39.1 Å². The summed E-state index contributed by atoms with van der Waals surface area (Å²) in [4.78, 5) is 2.34. The number of furan rings is 1. The molecule has 3 nitrogen and oxygen atoms in total. The van der Waals surface area contributed by atoms with Crippen molar-refractivity contribution in [3.05, 3.63) is 231 Å². The molecule has 2 heterocycles. The monoisotopic (exact) mass is 778 g/mol. The van der Waals surface area contributed by atoms with E-state index >= 15 is 0 Å². The standard InChI is InChI=1S/C58H38N2O/c1-2-12-39(13-3-1)41-24-30-46(31-25-41)59(47-32-26-42(27-33-47)45-23-22-40-14-4-5-15-44(40)36-45)48-34-28-43(29-35-48)53-37-49(38-54-52-18-8-11-21-57(52)61-58(53)54)60-55-19-9-6-16-50(55)51-17-7-10-20-56(51)60/h1-38H. The van der Waals surface area contributed by atoms with Crippen LogP contribution < -0.4 is 4.90 Å². The van der Waals surface area contributed by atoms with E-state index in [0.29, 0.717) is 0 Å². The number of nitrogens with zero attached hydrogens (tertiary/aromatic N) is 2. The molecule has 0 atom stereocenters. The smallest absolute Gasteiger partial charge is 0.143 e. The van der Waals surface area contributed by atoms with Gasteiger partial charge in [0.25, 0.3) is 0 Å². The molecule has 0 N–H and O–H groups in total. The van der Waals surface area contributed by atoms with Crippen molar-refractivity contribution in [1.29, 1.82) is 0 Å². The van der Waals surface area contributed by atoms with Crippen LogP contribution in [0.2, 0.25) is 0 Å². The number of aromatic nitrogens is 1. The van der Waals surface area contributed by atoms with Crippen LogP contribution in [-0.4, -0.2) is 4.57 Å². The Morgan fingerprint density at radius 3 is 1.48 bits per heavy atom. The first-order chi connectivity index (χ1) is 30.2. The molecule has 0 saturated carbocycles. The minimum absolute atomic E-state index is 0.881. The summed E-state index contributed by atoms with van der Waals surface area (Å²) in [6.07, 6.45) is 0. The molecule has 12 aromatic rings. The predicted molar refractivity (Wildman–Crippen MR) is 257 cm³/mol. The van der Waals surface area contributed by atoms with Gasteiger partial charge in [0.2, 0.25) is 0 Å². The highest BCUT2D eigenvalue weighted by molar-refractivity contribution is 6.13. The van der Waals surface area contributed by atoms with Crippen LogP contribution >= 0.6 is 0 Å². The van der Waals surface area contributed by atoms with Crippen LogP contribution in [0.4, 0.5) is 17.1 Å². The molecule has 0 spiro atoms. The van der Waals surface area contributed by atoms with Gasteiger partial charge in [0.15, 0.2) is 0 Å². The van der Waals surface area contributed by atoms with Crippen molar-refractivity contribution >= 4 is 71.6 Å². The molecule has 0 bridgehead atoms. The number of para-hydroxylation sites is 3. The number of anilines is 3. The van der Waals surface area contributed by atoms with Gasteiger partial charge < -0.3 is 13.9 Å². The first kappa shape index (κ1) is 34.9. The Morgan fingerprint density at radius 2 is 0.820 bits per heavy atom. The van der Waals surface area contributed by atoms with Crippen LogP contribution in [0.5, 0.6) is 0 Å². The van der Waals surface area contributed by atoms with Crippen LogP contribution in [0.1, 0.15) is 0 Å². The molecule has 0 radical (unpaired) electrons. The molecule has 61 heavy (non-hydrogen) atoms. The van der Waals surface area contributed by atoms with E-state index in [-0.39, 0.29) is 0 Å². The number of benzene rings is 10. The molecule has 12 rings (SSSR count). The van der Waals surface area contributed by atoms with Gasteiger partial charge in [-0.3, -0.25) is 0 Å². The van der Waals surface area contributed by atoms with Gasteiger partial charge in [-0.25, -0.2) is 0 Å². The van der Waals surface area contributed by atoms with Crippen molar-refractivity contribution in [2.24, 2.45) is 0 Å². The Bertz CT molecular complexity index is 3510. The zero-order chi connectivity index (χ0) is 40.3. The van der Waals surface area contributed by atoms with E-state index in [9.17, 15) is 0 Å². The number of rotatable bonds is 7. The minimum atomic E-state index is 0.881. The van der Waals surface area contributed by atoms with Crippen molar-refractivity contribution in [2.75, 3.05) is 4.90 Å². The van der Waals surface area contributed by atoms with Crippen LogP contribution in [0.25, 0.3) is 93.6 Å². The minimum Gasteiger partial charge on any atom is -0.455 e. The summed E-state index contributed by atoms with van der Waals surface area (Å²) in [5, 5.41) is 7.17. The second kappa shape index (κ2) is 14.3. The van der Waals surface area contributed by atoms with Gasteiger partial charge >= 0.3 is 0 Å². The van der Waals surface area contributed by atoms with Crippen molar-refractivity contribution in [1.82, 2.24) is 4.57 Å². The molecule has 0 aliphatic carbocycles. The SMILES string of the molecule is c1ccc(-c2ccc(N(c3ccc(-c4ccc5ccccc5c4)cc3)c3ccc(-c4cc(-n5c6ccccc6c6ccccc65)cc5c4oc4ccccc45)cc3)cc2)cc1. The normalized spacial score (nSPS) is 11.6. The van der Waals surface area contributed by atoms with Crippen LogP contribution in [-0.2, 0) is 0 Å². The fraction of sp³-hybridized carbons (Fsp3) is 0. The molecule has 0 aliphatic heterocycles. The van der Waals surface area contributed by atoms with Crippen LogP contribution in [0.3, 0.4) is 0 Å². The van der Waals surface area contributed by atoms with Crippen molar-refractivity contribution in [3.63, 3.8) is 0 Å². The molecule has 3 heteroatoms. The van der Waals surface area contributed by atoms with Gasteiger partial charge in [-0.15, -0.1) is 0 Å². The maximum atomic E-state index is 6.70. The fourth-order valence-corrected chi connectivity index (χ4v) is 9.20. The van der Waals surface area contributed by atoms with Gasteiger partial charge in [0.05, 0.1) is 11.0 Å². The van der Waals surface area contributed by atoms with Crippen LogP contribution in [0, 0.1) is 0 Å². The van der Waals surface area contributed by atoms with E-state index in [4.69, 9.17) is 4.42 Å². The lowest BCUT2D eigenvalue weighted by molar-refractivity contribution is 0.670. The van der Waals surface area contributed by atoms with E-state index in [2.05, 4.69) is 234 Å². The summed E-state index contributed by atoms with van der Waals surface area (Å²) in [6, 6.07) is 82.9. The third kappa shape index (κ3) is 5.98. The molecular weight excluding hydrogens is 741 g/mol. The van der Waals surface area contributed by atoms with Crippen molar-refractivity contribution < 1.29 is 4.42 Å². The molecule has 10 aromatic carbocycles. The van der Waals surface area contributed by atoms with Crippen LogP contribution in [0.15, 0.2) is 235 Å². The molecule has 0 amide bonds. The summed E-state index contributed by atoms with van der Waals surface area (Å²) in [6.45, 7) is 0. The maximum absolute atomic E-state index is 6.70. The summed E-state index contributed by atoms with van der Waals surface area (Å²) in [7, 11) is 0. The quantitative estimate of drug-likeness (QED) is 0.161. The number of hydrogen-bond acceptors (Lipinski definition) is 2. The lowest BCUT2D eigenvalue weighted by Gasteiger charge is -2.26. The Labute approximate surface area is 353 Å². The lowest BCUT2D eigenvalue weighted by Crippen LogP contribution is -2.09. The average molecular weight is 779 g/mol. The van der Waals surface area contributed by atoms with E-state index in [0.717, 1.165) is 55.8 Å². The van der Waals surface area contributed by atoms with Gasteiger partial charge in [0, 0.05) is 49.9 Å². The molecule has 0 fully saturated rings. The summed E-state index contributed by atoms with van der Waals surface area (Å²) in [5.74, 6) is 0. The Morgan fingerprint density at radius 1 is 0.328 bits per heavy atom. The zero-order valence-electron chi connectivity index (χ0n) is 33.2. The van der Waals surface area contributed by atoms with Gasteiger partial charge in [0.1, 0.15) is 11.2 Å². The Kier molecular flexibility index (Phi) is 8.17. The highest BCUT2D eigenvalue weighted by Crippen LogP contribution is 2.42. The third-order valence-corrected chi connectivity index (χ3v) is 12.2. The van der Waals surface area contributed by atoms with Gasteiger partial charge in [-0.2, -0.15) is 0 Å². The van der Waals surface area contributed by atoms with Crippen molar-refractivity contribution in [2.45, 2.75) is 0 Å². The molecule has 0 saturated heterocycles. The third-order valence-electron chi connectivity index (χ3n) is 12.2. The van der Waals surface area contributed by atoms with E-state index in [1.54, 1.807) is 0 Å². The first-order valence-corrected chi connectivity index (χ1v) is 20.8. The Balaban J connectivity index is 0.989. The maximum Gasteiger partial charge on any atom is 0.143 e. The summed E-state index contributed by atoms with van der Waals surface area (Å²) in [5.41, 5.74) is 15.4. The largest absolute Gasteiger partial charge is 0.455 e. The predicted octanol–water partition coefficient (Wildman–Crippen LogP) is 16.3. The molecule has 0 unspecified atom stereocenters. The molecule has 2 aromatic heterocycles. The topological polar surface area (TPSA) is 21.3 Å². The van der Waals surface area contributed by atoms with E-state index in [1.807, 2.05) is 6.07 Å². The van der Waals surface area contributed by atoms with E-state index in [1.165, 1.54) is 54.8 Å². The highest BCUT2D eigenvalue weighted by Gasteiger charge is 2.20. The molecular formula is C58H38N2O. The number of fused-ring (bicyclic) bond motifs is 7. The second-order valence-electron chi connectivity index (χ2n) is 15.7. The Hall–Kier alpha value is -8.14. The summed E-state index contributed by atoms with van der Waals surface area (Å²) >= 11 is 0. The number of hydrogen-bond donors (Lipinski definition) is 0. The lowest BCUT2D eigenvalue weighted by atomic mass is 9.99. The fourth-order valence-electron chi connectivity index (χ4n) is 9.20.